The number of carbonyl (C=O) groups excluding carboxylic acids is 3. The van der Waals surface area contributed by atoms with Crippen molar-refractivity contribution in [3.05, 3.63) is 34.2 Å². The van der Waals surface area contributed by atoms with Crippen LogP contribution in [0.4, 0.5) is 5.13 Å². The zero-order chi connectivity index (χ0) is 32.7. The number of amides is 3. The van der Waals surface area contributed by atoms with E-state index in [0.717, 1.165) is 11.3 Å². The van der Waals surface area contributed by atoms with Gasteiger partial charge in [0, 0.05) is 29.6 Å². The van der Waals surface area contributed by atoms with Crippen molar-refractivity contribution >= 4 is 75.6 Å². The van der Waals surface area contributed by atoms with Crippen LogP contribution in [0.15, 0.2) is 38.7 Å². The van der Waals surface area contributed by atoms with Gasteiger partial charge in [-0.25, -0.2) is 20.8 Å². The fraction of sp³-hybridized carbons (Fsp3) is 0.458. The Morgan fingerprint density at radius 3 is 2.80 bits per heavy atom. The molecule has 0 aliphatic carbocycles. The van der Waals surface area contributed by atoms with Gasteiger partial charge in [-0.1, -0.05) is 5.16 Å². The number of hydrogen-bond donors (Lipinski definition) is 7. The molecule has 21 heteroatoms. The Hall–Kier alpha value is -3.89. The Bertz CT molecular complexity index is 1530. The lowest BCUT2D eigenvalue weighted by atomic mass is 9.89. The standard InChI is InChI=1S/C24H31N11O7S3/c1-11(36)34-6-13-27-5-4-14(35(13)32-34)44-9-24(21(40)41)8-33-18(38)16(19(33)45-10-24)29-17(37)15(12-7-43-22(25)28-12)31-42-23(2,3)20(39)30-26/h4-7,11,16,19,32,36H,8-10,26H2,1-3H3,(H2,25,28)(H,29,37)(H,30,39)(H,40,41)/t11?,16?,19-,24?/m1/s1. The average molecular weight is 682 g/mol. The highest BCUT2D eigenvalue weighted by Gasteiger charge is 2.57. The molecule has 5 heterocycles. The quantitative estimate of drug-likeness (QED) is 0.0462. The van der Waals surface area contributed by atoms with Crippen LogP contribution < -0.4 is 27.9 Å². The predicted molar refractivity (Wildman–Crippen MR) is 166 cm³/mol. The van der Waals surface area contributed by atoms with E-state index >= 15 is 0 Å². The van der Waals surface area contributed by atoms with E-state index in [-0.39, 0.29) is 34.6 Å². The van der Waals surface area contributed by atoms with Crippen molar-refractivity contribution in [2.75, 3.05) is 23.8 Å². The van der Waals surface area contributed by atoms with Crippen LogP contribution in [0.1, 0.15) is 26.5 Å². The third-order valence-corrected chi connectivity index (χ3v) is 10.7. The lowest BCUT2D eigenvalue weighted by Gasteiger charge is -2.53. The molecule has 1 aromatic heterocycles. The number of oxime groups is 1. The smallest absolute Gasteiger partial charge is 0.313 e. The number of nitrogens with zero attached hydrogens (tertiary/aromatic N) is 6. The van der Waals surface area contributed by atoms with Crippen LogP contribution in [-0.4, -0.2) is 107 Å². The fourth-order valence-corrected chi connectivity index (χ4v) is 7.87. The number of thiazole rings is 1. The summed E-state index contributed by atoms with van der Waals surface area (Å²) >= 11 is 3.58. The van der Waals surface area contributed by atoms with Crippen LogP contribution in [0.2, 0.25) is 0 Å². The number of fused-ring (bicyclic) bond motifs is 2. The van der Waals surface area contributed by atoms with Gasteiger partial charge in [-0.3, -0.25) is 29.6 Å². The number of aliphatic imine (C=N–C) groups is 1. The highest BCUT2D eigenvalue weighted by atomic mass is 32.2. The topological polar surface area (TPSA) is 253 Å². The number of nitrogens with one attached hydrogen (secondary N) is 3. The molecule has 1 aromatic rings. The van der Waals surface area contributed by atoms with E-state index in [4.69, 9.17) is 16.4 Å². The average Bonchev–Trinajstić information content (AvgIpc) is 3.65. The zero-order valence-corrected chi connectivity index (χ0v) is 26.6. The molecule has 5 rings (SSSR count). The fourth-order valence-electron chi connectivity index (χ4n) is 4.49. The lowest BCUT2D eigenvalue weighted by Crippen LogP contribution is -2.74. The molecule has 2 fully saturated rings. The van der Waals surface area contributed by atoms with Gasteiger partial charge in [0.05, 0.1) is 11.2 Å². The highest BCUT2D eigenvalue weighted by molar-refractivity contribution is 8.03. The van der Waals surface area contributed by atoms with E-state index in [9.17, 15) is 29.4 Å². The van der Waals surface area contributed by atoms with Crippen LogP contribution in [0.3, 0.4) is 0 Å². The normalized spacial score (nSPS) is 25.0. The summed E-state index contributed by atoms with van der Waals surface area (Å²) in [4.78, 5) is 66.3. The number of β-lactam (4-membered cyclic amide) rings is 1. The Morgan fingerprint density at radius 1 is 1.40 bits per heavy atom. The molecular weight excluding hydrogens is 651 g/mol. The molecule has 4 aliphatic heterocycles. The van der Waals surface area contributed by atoms with Gasteiger partial charge in [0.15, 0.2) is 16.7 Å². The summed E-state index contributed by atoms with van der Waals surface area (Å²) in [5.74, 6) is 3.01. The second-order valence-corrected chi connectivity index (χ2v) is 13.8. The maximum Gasteiger partial charge on any atom is 0.313 e. The molecule has 2 saturated heterocycles. The molecule has 4 atom stereocenters. The number of nitrogens with two attached hydrogens (primary N) is 2. The van der Waals surface area contributed by atoms with Gasteiger partial charge in [-0.15, -0.1) is 40.4 Å². The first-order valence-electron chi connectivity index (χ1n) is 13.3. The summed E-state index contributed by atoms with van der Waals surface area (Å²) in [6.07, 6.45) is 4.10. The predicted octanol–water partition coefficient (Wildman–Crippen LogP) is -1.48. The molecule has 45 heavy (non-hydrogen) atoms. The number of aromatic nitrogens is 1. The Balaban J connectivity index is 1.25. The van der Waals surface area contributed by atoms with Crippen molar-refractivity contribution < 1.29 is 34.2 Å². The number of hydrogen-bond acceptors (Lipinski definition) is 17. The van der Waals surface area contributed by atoms with E-state index in [1.807, 2.05) is 5.43 Å². The van der Waals surface area contributed by atoms with E-state index in [2.05, 4.69) is 26.0 Å². The van der Waals surface area contributed by atoms with Crippen molar-refractivity contribution in [2.24, 2.45) is 21.4 Å². The first kappa shape index (κ1) is 32.5. The van der Waals surface area contributed by atoms with E-state index in [1.54, 1.807) is 30.4 Å². The highest BCUT2D eigenvalue weighted by Crippen LogP contribution is 2.45. The summed E-state index contributed by atoms with van der Waals surface area (Å²) in [6, 6.07) is -0.964. The maximum absolute atomic E-state index is 13.3. The third kappa shape index (κ3) is 6.31. The molecule has 0 bridgehead atoms. The van der Waals surface area contributed by atoms with Gasteiger partial charge < -0.3 is 31.0 Å². The number of carbonyl (C=O) groups is 4. The SMILES string of the molecule is CC(O)N1C=C2N=CC=C(SCC3(C(=O)O)CS[C@@H]4C(NC(=O)C(=NOC(C)(C)C(=O)NN)c5csc(N)n5)C(=O)N4C3)N2N1. The molecule has 3 unspecified atom stereocenters. The largest absolute Gasteiger partial charge is 0.481 e. The third-order valence-electron chi connectivity index (χ3n) is 7.15. The summed E-state index contributed by atoms with van der Waals surface area (Å²) in [7, 11) is 0. The number of nitrogen functional groups attached to an aromatic ring is 1. The summed E-state index contributed by atoms with van der Waals surface area (Å²) in [5.41, 5.74) is 7.62. The summed E-state index contributed by atoms with van der Waals surface area (Å²) in [5, 5.41) is 31.6. The van der Waals surface area contributed by atoms with E-state index < -0.39 is 52.4 Å². The van der Waals surface area contributed by atoms with Crippen LogP contribution in [-0.2, 0) is 24.0 Å². The van der Waals surface area contributed by atoms with E-state index in [0.29, 0.717) is 10.9 Å². The van der Waals surface area contributed by atoms with Gasteiger partial charge in [0.2, 0.25) is 11.5 Å². The summed E-state index contributed by atoms with van der Waals surface area (Å²) in [6.45, 7) is 4.30. The minimum atomic E-state index is -1.54. The van der Waals surface area contributed by atoms with Gasteiger partial charge >= 0.3 is 5.97 Å². The maximum atomic E-state index is 13.3. The van der Waals surface area contributed by atoms with Crippen LogP contribution in [0.25, 0.3) is 0 Å². The van der Waals surface area contributed by atoms with Crippen molar-refractivity contribution in [2.45, 2.75) is 44.0 Å². The minimum Gasteiger partial charge on any atom is -0.481 e. The van der Waals surface area contributed by atoms with Gasteiger partial charge in [-0.05, 0) is 26.8 Å². The molecule has 9 N–H and O–H groups in total. The molecule has 3 amide bonds. The van der Waals surface area contributed by atoms with Crippen LogP contribution >= 0.6 is 34.9 Å². The number of aliphatic hydroxyl groups excluding tert-OH is 1. The van der Waals surface area contributed by atoms with E-state index in [1.165, 1.54) is 52.7 Å². The number of carboxylic acid groups (broad SMARTS) is 1. The molecule has 4 aliphatic rings. The Labute approximate surface area is 268 Å². The first-order chi connectivity index (χ1) is 21.3. The molecule has 242 valence electrons. The minimum absolute atomic E-state index is 0.0649. The lowest BCUT2D eigenvalue weighted by molar-refractivity contribution is -0.157. The second-order valence-electron chi connectivity index (χ2n) is 10.8. The number of aliphatic hydroxyl groups is 1. The molecule has 18 nitrogen and oxygen atoms in total. The monoisotopic (exact) mass is 681 g/mol. The van der Waals surface area contributed by atoms with Gasteiger partial charge in [-0.2, -0.15) is 0 Å². The number of carboxylic acids is 1. The Morgan fingerprint density at radius 2 is 2.16 bits per heavy atom. The van der Waals surface area contributed by atoms with Crippen molar-refractivity contribution in [1.29, 1.82) is 0 Å². The molecule has 0 saturated carbocycles. The molecule has 0 spiro atoms. The van der Waals surface area contributed by atoms with Crippen LogP contribution in [0.5, 0.6) is 0 Å². The first-order valence-corrected chi connectivity index (χ1v) is 16.2. The number of anilines is 1. The number of hydrazine groups is 3. The number of allylic oxidation sites excluding steroid dienone is 1. The molecule has 0 radical (unpaired) electrons. The number of rotatable bonds is 11. The van der Waals surface area contributed by atoms with Crippen molar-refractivity contribution in [3.8, 4) is 0 Å². The van der Waals surface area contributed by atoms with Gasteiger partial charge in [0.1, 0.15) is 28.8 Å². The van der Waals surface area contributed by atoms with Crippen molar-refractivity contribution in [3.63, 3.8) is 0 Å². The molecular formula is C24H31N11O7S3. The zero-order valence-electron chi connectivity index (χ0n) is 24.2. The number of aliphatic carboxylic acids is 1. The van der Waals surface area contributed by atoms with Gasteiger partial charge in [0.25, 0.3) is 11.8 Å². The molecule has 0 aromatic carbocycles. The van der Waals surface area contributed by atoms with Crippen LogP contribution in [0, 0.1) is 5.41 Å². The van der Waals surface area contributed by atoms with Crippen molar-refractivity contribution in [1.82, 2.24) is 36.2 Å². The summed E-state index contributed by atoms with van der Waals surface area (Å²) < 4.78 is 0. The second kappa shape index (κ2) is 12.5. The number of thioether (sulfide) groups is 2. The Kier molecular flexibility index (Phi) is 9.01.